The smallest absolute Gasteiger partial charge is 0.166 e. The number of hydrogen-bond donors (Lipinski definition) is 1. The molecule has 2 rings (SSSR count). The third kappa shape index (κ3) is 2.70. The molecular weight excluding hydrogens is 208 g/mol. The molecule has 0 fully saturated rings. The fourth-order valence-electron chi connectivity index (χ4n) is 1.24. The van der Waals surface area contributed by atoms with E-state index < -0.39 is 0 Å². The summed E-state index contributed by atoms with van der Waals surface area (Å²) in [4.78, 5) is 3.95. The summed E-state index contributed by atoms with van der Waals surface area (Å²) in [6, 6.07) is 5.74. The van der Waals surface area contributed by atoms with Gasteiger partial charge in [-0.1, -0.05) is 0 Å². The Labute approximate surface area is 92.5 Å². The lowest BCUT2D eigenvalue weighted by atomic mass is 10.2. The van der Waals surface area contributed by atoms with Crippen molar-refractivity contribution in [2.24, 2.45) is 0 Å². The van der Waals surface area contributed by atoms with Crippen LogP contribution in [0.3, 0.4) is 0 Å². The molecule has 4 heteroatoms. The van der Waals surface area contributed by atoms with Gasteiger partial charge in [-0.05, 0) is 34.5 Å². The molecule has 0 aliphatic heterocycles. The Balaban J connectivity index is 1.86. The SMILES string of the molecule is Nc1ncccc1OCCc1ccsc1. The van der Waals surface area contributed by atoms with Gasteiger partial charge in [0.05, 0.1) is 6.61 Å². The summed E-state index contributed by atoms with van der Waals surface area (Å²) in [5.74, 6) is 1.11. The van der Waals surface area contributed by atoms with Crippen molar-refractivity contribution in [1.82, 2.24) is 4.98 Å². The molecule has 2 heterocycles. The van der Waals surface area contributed by atoms with E-state index in [1.165, 1.54) is 5.56 Å². The van der Waals surface area contributed by atoms with E-state index in [-0.39, 0.29) is 0 Å². The molecule has 0 spiro atoms. The standard InChI is InChI=1S/C11H12N2OS/c12-11-10(2-1-5-13-11)14-6-3-9-4-7-15-8-9/h1-2,4-5,7-8H,3,6H2,(H2,12,13). The Kier molecular flexibility index (Phi) is 3.19. The molecule has 15 heavy (non-hydrogen) atoms. The first kappa shape index (κ1) is 9.98. The molecule has 0 aromatic carbocycles. The molecule has 3 nitrogen and oxygen atoms in total. The van der Waals surface area contributed by atoms with Gasteiger partial charge in [-0.25, -0.2) is 4.98 Å². The lowest BCUT2D eigenvalue weighted by Crippen LogP contribution is -2.03. The highest BCUT2D eigenvalue weighted by Gasteiger charge is 1.99. The molecule has 0 unspecified atom stereocenters. The van der Waals surface area contributed by atoms with E-state index in [0.717, 1.165) is 6.42 Å². The van der Waals surface area contributed by atoms with Crippen LogP contribution in [-0.4, -0.2) is 11.6 Å². The summed E-state index contributed by atoms with van der Waals surface area (Å²) >= 11 is 1.70. The number of nitrogen functional groups attached to an aromatic ring is 1. The maximum atomic E-state index is 5.65. The van der Waals surface area contributed by atoms with Gasteiger partial charge in [-0.3, -0.25) is 0 Å². The maximum absolute atomic E-state index is 5.65. The molecule has 0 atom stereocenters. The van der Waals surface area contributed by atoms with Crippen molar-refractivity contribution >= 4 is 17.2 Å². The normalized spacial score (nSPS) is 10.1. The number of thiophene rings is 1. The zero-order valence-corrected chi connectivity index (χ0v) is 9.04. The second-order valence-electron chi connectivity index (χ2n) is 3.12. The molecule has 0 saturated heterocycles. The third-order valence-corrected chi connectivity index (χ3v) is 2.76. The largest absolute Gasteiger partial charge is 0.489 e. The fourth-order valence-corrected chi connectivity index (χ4v) is 1.94. The number of ether oxygens (including phenoxy) is 1. The van der Waals surface area contributed by atoms with Gasteiger partial charge in [-0.15, -0.1) is 0 Å². The van der Waals surface area contributed by atoms with Crippen molar-refractivity contribution in [3.8, 4) is 5.75 Å². The molecule has 0 saturated carbocycles. The Morgan fingerprint density at radius 3 is 3.07 bits per heavy atom. The van der Waals surface area contributed by atoms with E-state index in [1.54, 1.807) is 17.5 Å². The van der Waals surface area contributed by atoms with E-state index in [0.29, 0.717) is 18.2 Å². The van der Waals surface area contributed by atoms with Crippen LogP contribution in [0.2, 0.25) is 0 Å². The van der Waals surface area contributed by atoms with Crippen molar-refractivity contribution in [1.29, 1.82) is 0 Å². The summed E-state index contributed by atoms with van der Waals surface area (Å²) in [5, 5.41) is 4.18. The lowest BCUT2D eigenvalue weighted by molar-refractivity contribution is 0.323. The first-order valence-electron chi connectivity index (χ1n) is 4.70. The Morgan fingerprint density at radius 1 is 1.40 bits per heavy atom. The predicted octanol–water partition coefficient (Wildman–Crippen LogP) is 2.35. The van der Waals surface area contributed by atoms with Crippen LogP contribution in [0.25, 0.3) is 0 Å². The van der Waals surface area contributed by atoms with E-state index >= 15 is 0 Å². The number of rotatable bonds is 4. The summed E-state index contributed by atoms with van der Waals surface area (Å²) in [7, 11) is 0. The van der Waals surface area contributed by atoms with Crippen LogP contribution >= 0.6 is 11.3 Å². The number of aromatic nitrogens is 1. The van der Waals surface area contributed by atoms with Gasteiger partial charge in [0.2, 0.25) is 0 Å². The first-order chi connectivity index (χ1) is 7.36. The Morgan fingerprint density at radius 2 is 2.33 bits per heavy atom. The minimum atomic E-state index is 0.447. The topological polar surface area (TPSA) is 48.1 Å². The maximum Gasteiger partial charge on any atom is 0.166 e. The van der Waals surface area contributed by atoms with Crippen LogP contribution in [0.15, 0.2) is 35.2 Å². The average Bonchev–Trinajstić information content (AvgIpc) is 2.74. The van der Waals surface area contributed by atoms with E-state index in [2.05, 4.69) is 21.8 Å². The van der Waals surface area contributed by atoms with Crippen LogP contribution in [0.4, 0.5) is 5.82 Å². The quantitative estimate of drug-likeness (QED) is 0.860. The second kappa shape index (κ2) is 4.79. The molecule has 0 aliphatic rings. The van der Waals surface area contributed by atoms with Crippen molar-refractivity contribution in [3.05, 3.63) is 40.7 Å². The molecule has 78 valence electrons. The first-order valence-corrected chi connectivity index (χ1v) is 5.65. The summed E-state index contributed by atoms with van der Waals surface area (Å²) in [5.41, 5.74) is 6.94. The van der Waals surface area contributed by atoms with Crippen LogP contribution in [0, 0.1) is 0 Å². The fraction of sp³-hybridized carbons (Fsp3) is 0.182. The van der Waals surface area contributed by atoms with Gasteiger partial charge < -0.3 is 10.5 Å². The summed E-state index contributed by atoms with van der Waals surface area (Å²) < 4.78 is 5.53. The van der Waals surface area contributed by atoms with Crippen LogP contribution < -0.4 is 10.5 Å². The van der Waals surface area contributed by atoms with Crippen molar-refractivity contribution in [2.75, 3.05) is 12.3 Å². The van der Waals surface area contributed by atoms with Crippen molar-refractivity contribution in [3.63, 3.8) is 0 Å². The van der Waals surface area contributed by atoms with Gasteiger partial charge in [0, 0.05) is 12.6 Å². The average molecular weight is 220 g/mol. The van der Waals surface area contributed by atoms with Crippen LogP contribution in [0.5, 0.6) is 5.75 Å². The van der Waals surface area contributed by atoms with E-state index in [1.807, 2.05) is 12.1 Å². The minimum Gasteiger partial charge on any atom is -0.489 e. The van der Waals surface area contributed by atoms with Gasteiger partial charge >= 0.3 is 0 Å². The van der Waals surface area contributed by atoms with Crippen molar-refractivity contribution in [2.45, 2.75) is 6.42 Å². The second-order valence-corrected chi connectivity index (χ2v) is 3.90. The minimum absolute atomic E-state index is 0.447. The molecule has 0 amide bonds. The predicted molar refractivity (Wildman–Crippen MR) is 62.2 cm³/mol. The molecule has 0 aliphatic carbocycles. The Bertz CT molecular complexity index is 414. The number of nitrogens with two attached hydrogens (primary N) is 1. The highest BCUT2D eigenvalue weighted by atomic mass is 32.1. The van der Waals surface area contributed by atoms with Crippen molar-refractivity contribution < 1.29 is 4.74 Å². The van der Waals surface area contributed by atoms with E-state index in [9.17, 15) is 0 Å². The highest BCUT2D eigenvalue weighted by Crippen LogP contribution is 2.17. The highest BCUT2D eigenvalue weighted by molar-refractivity contribution is 7.07. The Hall–Kier alpha value is -1.55. The van der Waals surface area contributed by atoms with E-state index in [4.69, 9.17) is 10.5 Å². The van der Waals surface area contributed by atoms with Crippen LogP contribution in [-0.2, 0) is 6.42 Å². The number of pyridine rings is 1. The monoisotopic (exact) mass is 220 g/mol. The lowest BCUT2D eigenvalue weighted by Gasteiger charge is -2.06. The molecular formula is C11H12N2OS. The zero-order chi connectivity index (χ0) is 10.5. The van der Waals surface area contributed by atoms with Gasteiger partial charge in [0.1, 0.15) is 0 Å². The summed E-state index contributed by atoms with van der Waals surface area (Å²) in [6.07, 6.45) is 2.55. The zero-order valence-electron chi connectivity index (χ0n) is 8.22. The molecule has 0 radical (unpaired) electrons. The molecule has 2 N–H and O–H groups in total. The summed E-state index contributed by atoms with van der Waals surface area (Å²) in [6.45, 7) is 0.632. The van der Waals surface area contributed by atoms with Gasteiger partial charge in [0.25, 0.3) is 0 Å². The molecule has 2 aromatic heterocycles. The third-order valence-electron chi connectivity index (χ3n) is 2.03. The molecule has 0 bridgehead atoms. The van der Waals surface area contributed by atoms with Gasteiger partial charge in [0.15, 0.2) is 11.6 Å². The van der Waals surface area contributed by atoms with Crippen LogP contribution in [0.1, 0.15) is 5.56 Å². The number of nitrogens with zero attached hydrogens (tertiary/aromatic N) is 1. The van der Waals surface area contributed by atoms with Gasteiger partial charge in [-0.2, -0.15) is 11.3 Å². The molecule has 2 aromatic rings. The number of anilines is 1. The number of hydrogen-bond acceptors (Lipinski definition) is 4.